The van der Waals surface area contributed by atoms with Gasteiger partial charge in [0.2, 0.25) is 10.0 Å². The molecule has 0 bridgehead atoms. The fourth-order valence-corrected chi connectivity index (χ4v) is 5.89. The number of carbonyl (C=O) groups is 2. The molecule has 2 aromatic rings. The Morgan fingerprint density at radius 1 is 1.00 bits per heavy atom. The molecule has 4 rings (SSSR count). The van der Waals surface area contributed by atoms with E-state index in [0.717, 1.165) is 12.8 Å². The summed E-state index contributed by atoms with van der Waals surface area (Å²) in [5.41, 5.74) is 4.93. The van der Waals surface area contributed by atoms with Gasteiger partial charge in [0.05, 0.1) is 5.02 Å². The average molecular weight is 494 g/mol. The molecule has 1 fully saturated rings. The maximum Gasteiger partial charge on any atom is 0.269 e. The van der Waals surface area contributed by atoms with E-state index in [4.69, 9.17) is 21.1 Å². The van der Waals surface area contributed by atoms with Crippen molar-refractivity contribution in [2.24, 2.45) is 5.92 Å². The quantitative estimate of drug-likeness (QED) is 0.633. The number of nitrogens with zero attached hydrogens (tertiary/aromatic N) is 1. The van der Waals surface area contributed by atoms with Crippen molar-refractivity contribution in [1.82, 2.24) is 15.2 Å². The highest BCUT2D eigenvalue weighted by Gasteiger charge is 2.31. The van der Waals surface area contributed by atoms with Crippen molar-refractivity contribution in [1.29, 1.82) is 0 Å². The van der Waals surface area contributed by atoms with Gasteiger partial charge in [-0.1, -0.05) is 18.5 Å². The third kappa shape index (κ3) is 5.07. The van der Waals surface area contributed by atoms with Gasteiger partial charge in [0, 0.05) is 24.2 Å². The van der Waals surface area contributed by atoms with Crippen molar-refractivity contribution in [2.75, 3.05) is 26.3 Å². The van der Waals surface area contributed by atoms with Gasteiger partial charge in [-0.25, -0.2) is 8.42 Å². The van der Waals surface area contributed by atoms with E-state index in [1.54, 1.807) is 12.1 Å². The first-order chi connectivity index (χ1) is 15.8. The first-order valence-electron chi connectivity index (χ1n) is 10.6. The molecule has 2 aliphatic heterocycles. The predicted octanol–water partition coefficient (Wildman–Crippen LogP) is 2.61. The minimum Gasteiger partial charge on any atom is -0.486 e. The number of sulfonamides is 1. The summed E-state index contributed by atoms with van der Waals surface area (Å²) in [6.45, 7) is 3.63. The molecule has 2 N–H and O–H groups in total. The number of halogens is 1. The number of benzene rings is 2. The number of hydrogen-bond donors (Lipinski definition) is 2. The minimum absolute atomic E-state index is 0.0325. The van der Waals surface area contributed by atoms with Gasteiger partial charge in [0.25, 0.3) is 11.8 Å². The van der Waals surface area contributed by atoms with Gasteiger partial charge >= 0.3 is 0 Å². The lowest BCUT2D eigenvalue weighted by atomic mass is 10.0. The van der Waals surface area contributed by atoms with Crippen molar-refractivity contribution in [3.05, 3.63) is 52.5 Å². The van der Waals surface area contributed by atoms with Crippen LogP contribution in [-0.4, -0.2) is 50.8 Å². The summed E-state index contributed by atoms with van der Waals surface area (Å²) in [4.78, 5) is 24.9. The predicted molar refractivity (Wildman–Crippen MR) is 121 cm³/mol. The zero-order valence-electron chi connectivity index (χ0n) is 18.0. The molecule has 0 saturated carbocycles. The van der Waals surface area contributed by atoms with E-state index in [1.165, 1.54) is 28.6 Å². The summed E-state index contributed by atoms with van der Waals surface area (Å²) in [7, 11) is -3.86. The molecule has 2 aromatic carbocycles. The smallest absolute Gasteiger partial charge is 0.269 e. The molecule has 0 aromatic heterocycles. The topological polar surface area (TPSA) is 114 Å². The number of hydrogen-bond acceptors (Lipinski definition) is 6. The zero-order chi connectivity index (χ0) is 23.6. The number of carbonyl (C=O) groups excluding carboxylic acids is 2. The van der Waals surface area contributed by atoms with E-state index < -0.39 is 21.8 Å². The van der Waals surface area contributed by atoms with Crippen LogP contribution in [0.3, 0.4) is 0 Å². The van der Waals surface area contributed by atoms with Crippen LogP contribution in [0.15, 0.2) is 41.3 Å². The zero-order valence-corrected chi connectivity index (χ0v) is 19.5. The second kappa shape index (κ2) is 9.58. The monoisotopic (exact) mass is 493 g/mol. The number of hydrazine groups is 1. The van der Waals surface area contributed by atoms with Crippen molar-refractivity contribution in [2.45, 2.75) is 24.7 Å². The molecule has 2 heterocycles. The lowest BCUT2D eigenvalue weighted by molar-refractivity contribution is 0.0846. The molecule has 0 radical (unpaired) electrons. The van der Waals surface area contributed by atoms with Crippen molar-refractivity contribution in [3.63, 3.8) is 0 Å². The van der Waals surface area contributed by atoms with E-state index in [1.807, 2.05) is 6.92 Å². The highest BCUT2D eigenvalue weighted by molar-refractivity contribution is 7.89. The van der Waals surface area contributed by atoms with Gasteiger partial charge in [-0.05, 0) is 55.2 Å². The molecule has 2 aliphatic rings. The summed E-state index contributed by atoms with van der Waals surface area (Å²) in [5.74, 6) is -0.0142. The minimum atomic E-state index is -3.86. The molecule has 9 nitrogen and oxygen atoms in total. The van der Waals surface area contributed by atoms with Crippen molar-refractivity contribution in [3.8, 4) is 11.5 Å². The molecule has 33 heavy (non-hydrogen) atoms. The first-order valence-corrected chi connectivity index (χ1v) is 12.4. The van der Waals surface area contributed by atoms with Crippen LogP contribution in [-0.2, 0) is 10.0 Å². The molecule has 11 heteroatoms. The SMILES string of the molecule is CC1CCCN(S(=O)(=O)c2cc(C(=O)NNC(=O)c3ccc4c(c3)OCCO4)ccc2Cl)C1. The van der Waals surface area contributed by atoms with Crippen LogP contribution in [0.2, 0.25) is 5.02 Å². The van der Waals surface area contributed by atoms with E-state index in [2.05, 4.69) is 10.9 Å². The number of piperidine rings is 1. The van der Waals surface area contributed by atoms with Gasteiger partial charge < -0.3 is 9.47 Å². The summed E-state index contributed by atoms with van der Waals surface area (Å²) < 4.78 is 38.5. The Hall–Kier alpha value is -2.82. The van der Waals surface area contributed by atoms with Crippen LogP contribution < -0.4 is 20.3 Å². The van der Waals surface area contributed by atoms with Crippen LogP contribution >= 0.6 is 11.6 Å². The Morgan fingerprint density at radius 2 is 1.64 bits per heavy atom. The molecular formula is C22H24ClN3O6S. The summed E-state index contributed by atoms with van der Waals surface area (Å²) >= 11 is 6.18. The van der Waals surface area contributed by atoms with E-state index >= 15 is 0 Å². The van der Waals surface area contributed by atoms with E-state index in [9.17, 15) is 18.0 Å². The third-order valence-electron chi connectivity index (χ3n) is 5.52. The number of nitrogens with one attached hydrogen (secondary N) is 2. The lowest BCUT2D eigenvalue weighted by Crippen LogP contribution is -2.42. The van der Waals surface area contributed by atoms with Crippen LogP contribution in [0, 0.1) is 5.92 Å². The van der Waals surface area contributed by atoms with Crippen LogP contribution in [0.1, 0.15) is 40.5 Å². The Bertz CT molecular complexity index is 1190. The largest absolute Gasteiger partial charge is 0.486 e. The number of amides is 2. The number of rotatable bonds is 4. The highest BCUT2D eigenvalue weighted by atomic mass is 35.5. The van der Waals surface area contributed by atoms with Crippen molar-refractivity contribution < 1.29 is 27.5 Å². The summed E-state index contributed by atoms with van der Waals surface area (Å²) in [5, 5.41) is 0.0325. The molecule has 2 amide bonds. The summed E-state index contributed by atoms with van der Waals surface area (Å²) in [6.07, 6.45) is 1.73. The number of ether oxygens (including phenoxy) is 2. The Labute approximate surface area is 197 Å². The second-order valence-corrected chi connectivity index (χ2v) is 10.3. The molecule has 1 saturated heterocycles. The normalized spacial score (nSPS) is 18.4. The second-order valence-electron chi connectivity index (χ2n) is 8.02. The van der Waals surface area contributed by atoms with Gasteiger partial charge in [-0.2, -0.15) is 4.31 Å². The van der Waals surface area contributed by atoms with Crippen LogP contribution in [0.4, 0.5) is 0 Å². The fourth-order valence-electron chi connectivity index (χ4n) is 3.79. The van der Waals surface area contributed by atoms with Gasteiger partial charge in [-0.15, -0.1) is 0 Å². The van der Waals surface area contributed by atoms with Crippen LogP contribution in [0.5, 0.6) is 11.5 Å². The standard InChI is InChI=1S/C22H24ClN3O6S/c1-14-3-2-8-26(13-14)33(29,30)20-12-16(4-6-17(20)23)22(28)25-24-21(27)15-5-7-18-19(11-15)32-10-9-31-18/h4-7,11-12,14H,2-3,8-10,13H2,1H3,(H,24,27)(H,25,28). The molecule has 0 aliphatic carbocycles. The summed E-state index contributed by atoms with van der Waals surface area (Å²) in [6, 6.07) is 8.65. The van der Waals surface area contributed by atoms with E-state index in [0.29, 0.717) is 37.8 Å². The molecule has 1 atom stereocenters. The lowest BCUT2D eigenvalue weighted by Gasteiger charge is -2.30. The van der Waals surface area contributed by atoms with Gasteiger partial charge in [0.1, 0.15) is 18.1 Å². The molecular weight excluding hydrogens is 470 g/mol. The third-order valence-corrected chi connectivity index (χ3v) is 7.87. The maximum atomic E-state index is 13.1. The van der Waals surface area contributed by atoms with Crippen LogP contribution in [0.25, 0.3) is 0 Å². The molecule has 1 unspecified atom stereocenters. The van der Waals surface area contributed by atoms with Crippen molar-refractivity contribution >= 4 is 33.4 Å². The molecule has 176 valence electrons. The molecule has 0 spiro atoms. The first kappa shape index (κ1) is 23.3. The Balaban J connectivity index is 1.46. The average Bonchev–Trinajstić information content (AvgIpc) is 2.82. The van der Waals surface area contributed by atoms with Gasteiger partial charge in [-0.3, -0.25) is 20.4 Å². The Morgan fingerprint density at radius 3 is 2.33 bits per heavy atom. The van der Waals surface area contributed by atoms with Gasteiger partial charge in [0.15, 0.2) is 11.5 Å². The van der Waals surface area contributed by atoms with E-state index in [-0.39, 0.29) is 27.0 Å². The fraction of sp³-hybridized carbons (Fsp3) is 0.364. The Kier molecular flexibility index (Phi) is 6.78. The number of fused-ring (bicyclic) bond motifs is 1. The highest BCUT2D eigenvalue weighted by Crippen LogP contribution is 2.31. The maximum absolute atomic E-state index is 13.1.